The first-order valence-corrected chi connectivity index (χ1v) is 12.2. The van der Waals surface area contributed by atoms with Crippen LogP contribution in [0.3, 0.4) is 0 Å². The predicted octanol–water partition coefficient (Wildman–Crippen LogP) is 5.03. The highest BCUT2D eigenvalue weighted by Crippen LogP contribution is 2.43. The van der Waals surface area contributed by atoms with Crippen molar-refractivity contribution in [2.45, 2.75) is 0 Å². The van der Waals surface area contributed by atoms with Crippen molar-refractivity contribution in [1.82, 2.24) is 0 Å². The molecule has 1 N–H and O–H groups in total. The third-order valence-electron chi connectivity index (χ3n) is 5.11. The minimum atomic E-state index is -3.23. The minimum absolute atomic E-state index is 0.287. The average Bonchev–Trinajstić information content (AvgIpc) is 2.89. The van der Waals surface area contributed by atoms with Gasteiger partial charge in [0.05, 0.1) is 18.2 Å². The van der Waals surface area contributed by atoms with E-state index < -0.39 is 19.2 Å². The maximum atomic E-state index is 14.2. The van der Waals surface area contributed by atoms with Crippen molar-refractivity contribution >= 4 is 35.5 Å². The lowest BCUT2D eigenvalue weighted by molar-refractivity contribution is 0.0600. The monoisotopic (exact) mass is 471 g/mol. The lowest BCUT2D eigenvalue weighted by atomic mass is 10.2. The number of carbonyl (C=O) groups excluding carboxylic acids is 2. The van der Waals surface area contributed by atoms with Crippen LogP contribution in [-0.4, -0.2) is 19.0 Å². The lowest BCUT2D eigenvalue weighted by Gasteiger charge is -2.22. The molecule has 4 rings (SSSR count). The molecule has 0 saturated carbocycles. The Bertz CT molecular complexity index is 1300. The molecule has 0 spiro atoms. The summed E-state index contributed by atoms with van der Waals surface area (Å²) in [4.78, 5) is 24.3. The second-order valence-corrected chi connectivity index (χ2v) is 9.85. The third-order valence-corrected chi connectivity index (χ3v) is 7.73. The van der Waals surface area contributed by atoms with E-state index in [9.17, 15) is 14.2 Å². The van der Waals surface area contributed by atoms with Crippen LogP contribution < -0.4 is 20.4 Å². The van der Waals surface area contributed by atoms with Crippen molar-refractivity contribution in [3.63, 3.8) is 0 Å². The number of carbonyl (C=O) groups is 2. The van der Waals surface area contributed by atoms with Gasteiger partial charge in [0, 0.05) is 16.3 Å². The van der Waals surface area contributed by atoms with E-state index in [1.807, 2.05) is 60.7 Å². The van der Waals surface area contributed by atoms with E-state index in [-0.39, 0.29) is 11.3 Å². The summed E-state index contributed by atoms with van der Waals surface area (Å²) < 4.78 is 24.3. The molecule has 0 radical (unpaired) electrons. The van der Waals surface area contributed by atoms with Gasteiger partial charge in [-0.1, -0.05) is 42.5 Å². The number of benzene rings is 4. The van der Waals surface area contributed by atoms with E-state index in [2.05, 4.69) is 9.82 Å². The van der Waals surface area contributed by atoms with Gasteiger partial charge in [-0.2, -0.15) is 0 Å². The number of anilines is 1. The number of hydrogen-bond donors (Lipinski definition) is 1. The van der Waals surface area contributed by atoms with Gasteiger partial charge in [0.1, 0.15) is 5.75 Å². The smallest absolute Gasteiger partial charge is 0.343 e. The van der Waals surface area contributed by atoms with Crippen molar-refractivity contribution < 1.29 is 23.6 Å². The molecule has 0 amide bonds. The standard InChI is InChI=1S/C27H22NO5P/c1-32-26(29)20-15-17-23(18-16-20)33-27(30)21-9-8-10-22(19-21)28-34(31,24-11-4-2-5-12-24)25-13-6-3-7-14-25/h2-19H,1H3,(H,28,31). The third kappa shape index (κ3) is 5.08. The molecule has 0 fully saturated rings. The zero-order valence-electron chi connectivity index (χ0n) is 18.4. The fourth-order valence-corrected chi connectivity index (χ4v) is 5.64. The summed E-state index contributed by atoms with van der Waals surface area (Å²) >= 11 is 0. The number of rotatable bonds is 7. The zero-order chi connectivity index (χ0) is 24.0. The highest BCUT2D eigenvalue weighted by molar-refractivity contribution is 7.80. The van der Waals surface area contributed by atoms with E-state index in [0.29, 0.717) is 21.9 Å². The molecule has 0 unspecified atom stereocenters. The van der Waals surface area contributed by atoms with Gasteiger partial charge in [0.2, 0.25) is 7.29 Å². The van der Waals surface area contributed by atoms with Crippen LogP contribution in [0.1, 0.15) is 20.7 Å². The Morgan fingerprint density at radius 1 is 0.676 bits per heavy atom. The molecular formula is C27H22NO5P. The van der Waals surface area contributed by atoms with Gasteiger partial charge in [-0.05, 0) is 66.7 Å². The topological polar surface area (TPSA) is 81.7 Å². The first kappa shape index (κ1) is 23.0. The quantitative estimate of drug-likeness (QED) is 0.231. The van der Waals surface area contributed by atoms with Gasteiger partial charge in [-0.3, -0.25) is 4.57 Å². The summed E-state index contributed by atoms with van der Waals surface area (Å²) in [6.07, 6.45) is 0. The van der Waals surface area contributed by atoms with E-state index >= 15 is 0 Å². The molecule has 0 aliphatic rings. The van der Waals surface area contributed by atoms with Gasteiger partial charge in [0.25, 0.3) is 0 Å². The van der Waals surface area contributed by atoms with Crippen LogP contribution in [0.5, 0.6) is 5.75 Å². The fourth-order valence-electron chi connectivity index (χ4n) is 3.39. The van der Waals surface area contributed by atoms with Crippen LogP contribution in [0, 0.1) is 0 Å². The van der Waals surface area contributed by atoms with Crippen LogP contribution in [0.25, 0.3) is 0 Å². The van der Waals surface area contributed by atoms with Crippen molar-refractivity contribution in [3.05, 3.63) is 120 Å². The van der Waals surface area contributed by atoms with Gasteiger partial charge < -0.3 is 14.6 Å². The molecule has 0 atom stereocenters. The lowest BCUT2D eigenvalue weighted by Crippen LogP contribution is -2.21. The Labute approximate surface area is 197 Å². The minimum Gasteiger partial charge on any atom is -0.465 e. The number of ether oxygens (including phenoxy) is 2. The second kappa shape index (κ2) is 10.2. The molecular weight excluding hydrogens is 449 g/mol. The predicted molar refractivity (Wildman–Crippen MR) is 133 cm³/mol. The van der Waals surface area contributed by atoms with E-state index in [4.69, 9.17) is 4.74 Å². The largest absolute Gasteiger partial charge is 0.465 e. The summed E-state index contributed by atoms with van der Waals surface area (Å²) in [6.45, 7) is 0. The Morgan fingerprint density at radius 3 is 1.82 bits per heavy atom. The van der Waals surface area contributed by atoms with Gasteiger partial charge in [-0.25, -0.2) is 9.59 Å². The molecule has 0 saturated heterocycles. The molecule has 4 aromatic carbocycles. The van der Waals surface area contributed by atoms with Crippen LogP contribution >= 0.6 is 7.29 Å². The van der Waals surface area contributed by atoms with Crippen molar-refractivity contribution in [2.75, 3.05) is 12.2 Å². The number of esters is 2. The highest BCUT2D eigenvalue weighted by atomic mass is 31.2. The van der Waals surface area contributed by atoms with Crippen molar-refractivity contribution in [2.24, 2.45) is 0 Å². The molecule has 0 bridgehead atoms. The molecule has 6 nitrogen and oxygen atoms in total. The summed E-state index contributed by atoms with van der Waals surface area (Å²) in [5.74, 6) is -0.767. The maximum absolute atomic E-state index is 14.2. The number of methoxy groups -OCH3 is 1. The Hall–Kier alpha value is -4.15. The summed E-state index contributed by atoms with van der Waals surface area (Å²) in [7, 11) is -1.93. The number of hydrogen-bond acceptors (Lipinski definition) is 5. The van der Waals surface area contributed by atoms with E-state index in [0.717, 1.165) is 0 Å². The maximum Gasteiger partial charge on any atom is 0.343 e. The normalized spacial score (nSPS) is 10.9. The Balaban J connectivity index is 1.58. The van der Waals surface area contributed by atoms with Crippen LogP contribution in [0.2, 0.25) is 0 Å². The molecule has 170 valence electrons. The summed E-state index contributed by atoms with van der Waals surface area (Å²) in [5.41, 5.74) is 1.16. The molecule has 7 heteroatoms. The van der Waals surface area contributed by atoms with Crippen molar-refractivity contribution in [1.29, 1.82) is 0 Å². The first-order chi connectivity index (χ1) is 16.5. The average molecular weight is 471 g/mol. The fraction of sp³-hybridized carbons (Fsp3) is 0.0370. The van der Waals surface area contributed by atoms with E-state index in [1.165, 1.54) is 31.4 Å². The highest BCUT2D eigenvalue weighted by Gasteiger charge is 2.27. The van der Waals surface area contributed by atoms with Crippen LogP contribution in [-0.2, 0) is 9.30 Å². The van der Waals surface area contributed by atoms with Crippen LogP contribution in [0.15, 0.2) is 109 Å². The molecule has 4 aromatic rings. The molecule has 0 aromatic heterocycles. The molecule has 0 heterocycles. The second-order valence-electron chi connectivity index (χ2n) is 7.38. The molecule has 0 aliphatic heterocycles. The first-order valence-electron chi connectivity index (χ1n) is 10.5. The van der Waals surface area contributed by atoms with Crippen LogP contribution in [0.4, 0.5) is 5.69 Å². The Kier molecular flexibility index (Phi) is 6.90. The molecule has 0 aliphatic carbocycles. The number of nitrogens with one attached hydrogen (secondary N) is 1. The van der Waals surface area contributed by atoms with Gasteiger partial charge in [-0.15, -0.1) is 0 Å². The molecule has 34 heavy (non-hydrogen) atoms. The SMILES string of the molecule is COC(=O)c1ccc(OC(=O)c2cccc(NP(=O)(c3ccccc3)c3ccccc3)c2)cc1. The van der Waals surface area contributed by atoms with Gasteiger partial charge in [0.15, 0.2) is 0 Å². The Morgan fingerprint density at radius 2 is 1.26 bits per heavy atom. The van der Waals surface area contributed by atoms with E-state index in [1.54, 1.807) is 24.3 Å². The summed E-state index contributed by atoms with van der Waals surface area (Å²) in [6, 6.07) is 31.1. The van der Waals surface area contributed by atoms with Gasteiger partial charge >= 0.3 is 11.9 Å². The summed E-state index contributed by atoms with van der Waals surface area (Å²) in [5, 5.41) is 4.48. The zero-order valence-corrected chi connectivity index (χ0v) is 19.3. The van der Waals surface area contributed by atoms with Crippen molar-refractivity contribution in [3.8, 4) is 5.75 Å².